The van der Waals surface area contributed by atoms with Gasteiger partial charge in [-0.15, -0.1) is 0 Å². The summed E-state index contributed by atoms with van der Waals surface area (Å²) in [6.45, 7) is 2.25. The van der Waals surface area contributed by atoms with Gasteiger partial charge in [-0.25, -0.2) is 0 Å². The predicted molar refractivity (Wildman–Crippen MR) is 66.3 cm³/mol. The van der Waals surface area contributed by atoms with Gasteiger partial charge in [0.15, 0.2) is 0 Å². The van der Waals surface area contributed by atoms with Crippen LogP contribution in [-0.4, -0.2) is 43.6 Å². The summed E-state index contributed by atoms with van der Waals surface area (Å²) < 4.78 is 5.38. The topological polar surface area (TPSA) is 52.9 Å². The number of aliphatic hydroxyl groups is 1. The second-order valence-electron chi connectivity index (χ2n) is 4.83. The van der Waals surface area contributed by atoms with Crippen molar-refractivity contribution in [3.63, 3.8) is 0 Å². The number of hydrogen-bond acceptors (Lipinski definition) is 4. The van der Waals surface area contributed by atoms with E-state index in [1.165, 1.54) is 0 Å². The second kappa shape index (κ2) is 4.94. The maximum absolute atomic E-state index is 9.51. The van der Waals surface area contributed by atoms with E-state index in [1.807, 2.05) is 19.2 Å². The van der Waals surface area contributed by atoms with Crippen LogP contribution in [-0.2, 0) is 4.74 Å². The molecule has 0 amide bonds. The molecule has 0 saturated carbocycles. The second-order valence-corrected chi connectivity index (χ2v) is 4.83. The molecule has 94 valence electrons. The number of hydrogen-bond donors (Lipinski definition) is 2. The predicted octanol–water partition coefficient (Wildman–Crippen LogP) is 1.23. The Hall–Kier alpha value is -1.26. The standard InChI is InChI=1S/C13H19NO3/c1-14(11-2-4-12(16)5-3-11)8-13(9-15)6-7-17-10-13/h2-5,15-16H,6-10H2,1H3. The van der Waals surface area contributed by atoms with Gasteiger partial charge in [0, 0.05) is 31.3 Å². The van der Waals surface area contributed by atoms with Crippen molar-refractivity contribution in [2.45, 2.75) is 6.42 Å². The highest BCUT2D eigenvalue weighted by Crippen LogP contribution is 2.30. The first-order valence-electron chi connectivity index (χ1n) is 5.84. The van der Waals surface area contributed by atoms with Crippen molar-refractivity contribution in [2.75, 3.05) is 38.3 Å². The Kier molecular flexibility index (Phi) is 3.54. The Morgan fingerprint density at radius 1 is 1.35 bits per heavy atom. The molecule has 1 aliphatic heterocycles. The summed E-state index contributed by atoms with van der Waals surface area (Å²) in [5.41, 5.74) is 0.884. The zero-order valence-corrected chi connectivity index (χ0v) is 10.1. The third-order valence-electron chi connectivity index (χ3n) is 3.38. The molecule has 1 aromatic carbocycles. The van der Waals surface area contributed by atoms with Crippen molar-refractivity contribution in [3.05, 3.63) is 24.3 Å². The first kappa shape index (κ1) is 12.2. The number of ether oxygens (including phenoxy) is 1. The van der Waals surface area contributed by atoms with E-state index in [4.69, 9.17) is 4.74 Å². The molecule has 1 unspecified atom stereocenters. The molecule has 0 radical (unpaired) electrons. The van der Waals surface area contributed by atoms with Gasteiger partial charge in [-0.3, -0.25) is 0 Å². The van der Waals surface area contributed by atoms with E-state index in [0.717, 1.165) is 25.3 Å². The molecule has 4 nitrogen and oxygen atoms in total. The van der Waals surface area contributed by atoms with Crippen LogP contribution in [0.5, 0.6) is 5.75 Å². The van der Waals surface area contributed by atoms with Crippen molar-refractivity contribution in [1.82, 2.24) is 0 Å². The zero-order valence-electron chi connectivity index (χ0n) is 10.1. The Bertz CT molecular complexity index is 357. The average Bonchev–Trinajstić information content (AvgIpc) is 2.79. The summed E-state index contributed by atoms with van der Waals surface area (Å²) in [4.78, 5) is 2.09. The normalized spacial score (nSPS) is 23.9. The van der Waals surface area contributed by atoms with E-state index < -0.39 is 0 Å². The highest BCUT2D eigenvalue weighted by atomic mass is 16.5. The molecular formula is C13H19NO3. The van der Waals surface area contributed by atoms with Gasteiger partial charge in [-0.1, -0.05) is 0 Å². The fourth-order valence-electron chi connectivity index (χ4n) is 2.25. The maximum atomic E-state index is 9.51. The van der Waals surface area contributed by atoms with Gasteiger partial charge in [0.2, 0.25) is 0 Å². The maximum Gasteiger partial charge on any atom is 0.115 e. The summed E-state index contributed by atoms with van der Waals surface area (Å²) in [5.74, 6) is 0.267. The van der Waals surface area contributed by atoms with Crippen LogP contribution >= 0.6 is 0 Å². The number of phenolic OH excluding ortho intramolecular Hbond substituents is 1. The summed E-state index contributed by atoms with van der Waals surface area (Å²) in [7, 11) is 1.99. The lowest BCUT2D eigenvalue weighted by Gasteiger charge is -2.31. The molecule has 1 heterocycles. The van der Waals surface area contributed by atoms with Crippen molar-refractivity contribution in [2.24, 2.45) is 5.41 Å². The largest absolute Gasteiger partial charge is 0.508 e. The van der Waals surface area contributed by atoms with Gasteiger partial charge in [-0.2, -0.15) is 0 Å². The molecule has 1 fully saturated rings. The van der Waals surface area contributed by atoms with Gasteiger partial charge >= 0.3 is 0 Å². The molecule has 0 bridgehead atoms. The van der Waals surface area contributed by atoms with Crippen LogP contribution in [0, 0.1) is 5.41 Å². The van der Waals surface area contributed by atoms with Crippen molar-refractivity contribution >= 4 is 5.69 Å². The monoisotopic (exact) mass is 237 g/mol. The van der Waals surface area contributed by atoms with Gasteiger partial charge in [0.25, 0.3) is 0 Å². The number of rotatable bonds is 4. The molecule has 17 heavy (non-hydrogen) atoms. The number of nitrogens with zero attached hydrogens (tertiary/aromatic N) is 1. The van der Waals surface area contributed by atoms with Crippen molar-refractivity contribution < 1.29 is 14.9 Å². The molecule has 1 aromatic rings. The van der Waals surface area contributed by atoms with Crippen LogP contribution < -0.4 is 4.90 Å². The van der Waals surface area contributed by atoms with Gasteiger partial charge in [0.05, 0.1) is 13.2 Å². The lowest BCUT2D eigenvalue weighted by molar-refractivity contribution is 0.0986. The smallest absolute Gasteiger partial charge is 0.115 e. The van der Waals surface area contributed by atoms with Crippen LogP contribution in [0.25, 0.3) is 0 Å². The Morgan fingerprint density at radius 3 is 2.59 bits per heavy atom. The van der Waals surface area contributed by atoms with Gasteiger partial charge < -0.3 is 19.8 Å². The lowest BCUT2D eigenvalue weighted by atomic mass is 9.88. The fraction of sp³-hybridized carbons (Fsp3) is 0.538. The van der Waals surface area contributed by atoms with E-state index in [0.29, 0.717) is 6.61 Å². The average molecular weight is 237 g/mol. The highest BCUT2D eigenvalue weighted by Gasteiger charge is 2.35. The Labute approximate surface area is 101 Å². The molecule has 0 aliphatic carbocycles. The van der Waals surface area contributed by atoms with Crippen LogP contribution in [0.1, 0.15) is 6.42 Å². The summed E-state index contributed by atoms with van der Waals surface area (Å²) >= 11 is 0. The first-order chi connectivity index (χ1) is 8.15. The van der Waals surface area contributed by atoms with Crippen LogP contribution in [0.4, 0.5) is 5.69 Å². The molecule has 1 saturated heterocycles. The third-order valence-corrected chi connectivity index (χ3v) is 3.38. The quantitative estimate of drug-likeness (QED) is 0.827. The molecular weight excluding hydrogens is 218 g/mol. The van der Waals surface area contributed by atoms with Crippen LogP contribution in [0.15, 0.2) is 24.3 Å². The van der Waals surface area contributed by atoms with E-state index in [9.17, 15) is 10.2 Å². The molecule has 1 aliphatic rings. The summed E-state index contributed by atoms with van der Waals surface area (Å²) in [6, 6.07) is 7.08. The Balaban J connectivity index is 2.05. The van der Waals surface area contributed by atoms with Crippen molar-refractivity contribution in [3.8, 4) is 5.75 Å². The van der Waals surface area contributed by atoms with Crippen LogP contribution in [0.3, 0.4) is 0 Å². The number of aliphatic hydroxyl groups excluding tert-OH is 1. The van der Waals surface area contributed by atoms with E-state index in [1.54, 1.807) is 12.1 Å². The highest BCUT2D eigenvalue weighted by molar-refractivity contribution is 5.48. The summed E-state index contributed by atoms with van der Waals surface area (Å²) in [5, 5.41) is 18.8. The third kappa shape index (κ3) is 2.70. The van der Waals surface area contributed by atoms with E-state index in [-0.39, 0.29) is 17.8 Å². The van der Waals surface area contributed by atoms with E-state index >= 15 is 0 Å². The number of benzene rings is 1. The fourth-order valence-corrected chi connectivity index (χ4v) is 2.25. The van der Waals surface area contributed by atoms with Gasteiger partial charge in [-0.05, 0) is 30.7 Å². The molecule has 0 aromatic heterocycles. The molecule has 2 N–H and O–H groups in total. The number of aromatic hydroxyl groups is 1. The minimum Gasteiger partial charge on any atom is -0.508 e. The summed E-state index contributed by atoms with van der Waals surface area (Å²) in [6.07, 6.45) is 0.895. The minimum atomic E-state index is -0.146. The molecule has 4 heteroatoms. The van der Waals surface area contributed by atoms with E-state index in [2.05, 4.69) is 4.90 Å². The number of anilines is 1. The number of phenols is 1. The molecule has 1 atom stereocenters. The lowest BCUT2D eigenvalue weighted by Crippen LogP contribution is -2.39. The van der Waals surface area contributed by atoms with Gasteiger partial charge in [0.1, 0.15) is 5.75 Å². The van der Waals surface area contributed by atoms with Crippen LogP contribution in [0.2, 0.25) is 0 Å². The minimum absolute atomic E-state index is 0.146. The Morgan fingerprint density at radius 2 is 2.06 bits per heavy atom. The molecule has 0 spiro atoms. The zero-order chi connectivity index (χ0) is 12.3. The van der Waals surface area contributed by atoms with Crippen molar-refractivity contribution in [1.29, 1.82) is 0 Å². The first-order valence-corrected chi connectivity index (χ1v) is 5.84. The molecule has 2 rings (SSSR count). The SMILES string of the molecule is CN(CC1(CO)CCOC1)c1ccc(O)cc1.